The van der Waals surface area contributed by atoms with Gasteiger partial charge in [-0.05, 0) is 36.2 Å². The van der Waals surface area contributed by atoms with Gasteiger partial charge in [0, 0.05) is 19.2 Å². The van der Waals surface area contributed by atoms with Gasteiger partial charge in [-0.15, -0.1) is 0 Å². The average Bonchev–Trinajstić information content (AvgIpc) is 2.47. The van der Waals surface area contributed by atoms with Gasteiger partial charge in [-0.1, -0.05) is 24.3 Å². The summed E-state index contributed by atoms with van der Waals surface area (Å²) in [6.07, 6.45) is 0.0758. The highest BCUT2D eigenvalue weighted by molar-refractivity contribution is 6.00. The Hall–Kier alpha value is -2.49. The van der Waals surface area contributed by atoms with E-state index in [4.69, 9.17) is 10.5 Å². The minimum absolute atomic E-state index is 0.0450. The molecule has 3 rings (SSSR count). The third kappa shape index (κ3) is 2.44. The zero-order valence-corrected chi connectivity index (χ0v) is 12.2. The van der Waals surface area contributed by atoms with Crippen molar-refractivity contribution in [3.8, 4) is 5.75 Å². The molecule has 0 spiro atoms. The van der Waals surface area contributed by atoms with E-state index < -0.39 is 6.10 Å². The molecular formula is C17H18N2O2. The number of nitrogens with zero attached hydrogens (tertiary/aromatic N) is 1. The molecule has 1 amide bonds. The van der Waals surface area contributed by atoms with E-state index in [9.17, 15) is 4.79 Å². The summed E-state index contributed by atoms with van der Waals surface area (Å²) in [5.74, 6) is 0.654. The molecule has 0 fully saturated rings. The number of amides is 1. The fraction of sp³-hybridized carbons (Fsp3) is 0.235. The fourth-order valence-electron chi connectivity index (χ4n) is 2.60. The van der Waals surface area contributed by atoms with E-state index in [1.54, 1.807) is 24.1 Å². The molecule has 0 radical (unpaired) electrons. The van der Waals surface area contributed by atoms with Crippen molar-refractivity contribution in [1.29, 1.82) is 0 Å². The molecule has 4 nitrogen and oxygen atoms in total. The second-order valence-electron chi connectivity index (χ2n) is 5.36. The molecule has 1 atom stereocenters. The molecule has 1 unspecified atom stereocenters. The highest BCUT2D eigenvalue weighted by Gasteiger charge is 2.32. The Bertz CT molecular complexity index is 697. The summed E-state index contributed by atoms with van der Waals surface area (Å²) in [5.41, 5.74) is 9.41. The van der Waals surface area contributed by atoms with Crippen LogP contribution in [0.2, 0.25) is 0 Å². The van der Waals surface area contributed by atoms with Gasteiger partial charge in [0.2, 0.25) is 0 Å². The molecule has 1 aliphatic heterocycles. The predicted molar refractivity (Wildman–Crippen MR) is 83.6 cm³/mol. The molecule has 4 heteroatoms. The van der Waals surface area contributed by atoms with Crippen molar-refractivity contribution in [2.24, 2.45) is 0 Å². The molecule has 0 saturated heterocycles. The summed E-state index contributed by atoms with van der Waals surface area (Å²) in [6.45, 7) is 2.04. The highest BCUT2D eigenvalue weighted by atomic mass is 16.5. The Kier molecular flexibility index (Phi) is 3.29. The lowest BCUT2D eigenvalue weighted by Crippen LogP contribution is -2.45. The third-order valence-electron chi connectivity index (χ3n) is 3.89. The monoisotopic (exact) mass is 282 g/mol. The topological polar surface area (TPSA) is 55.6 Å². The molecule has 1 aliphatic rings. The first-order valence-corrected chi connectivity index (χ1v) is 6.94. The van der Waals surface area contributed by atoms with Gasteiger partial charge in [0.1, 0.15) is 5.75 Å². The second-order valence-corrected chi connectivity index (χ2v) is 5.36. The van der Waals surface area contributed by atoms with Crippen molar-refractivity contribution < 1.29 is 9.53 Å². The van der Waals surface area contributed by atoms with E-state index in [-0.39, 0.29) is 5.91 Å². The van der Waals surface area contributed by atoms with Crippen LogP contribution >= 0.6 is 0 Å². The smallest absolute Gasteiger partial charge is 0.268 e. The SMILES string of the molecule is Cc1ccccc1CC1Oc2ccc(N)cc2N(C)C1=O. The van der Waals surface area contributed by atoms with Gasteiger partial charge in [0.25, 0.3) is 5.91 Å². The lowest BCUT2D eigenvalue weighted by atomic mass is 10.0. The quantitative estimate of drug-likeness (QED) is 0.861. The lowest BCUT2D eigenvalue weighted by molar-refractivity contribution is -0.125. The lowest BCUT2D eigenvalue weighted by Gasteiger charge is -2.32. The van der Waals surface area contributed by atoms with Crippen LogP contribution in [0.15, 0.2) is 42.5 Å². The average molecular weight is 282 g/mol. The van der Waals surface area contributed by atoms with Crippen LogP contribution < -0.4 is 15.4 Å². The number of aryl methyl sites for hydroxylation is 1. The summed E-state index contributed by atoms with van der Waals surface area (Å²) in [6, 6.07) is 13.4. The number of nitrogen functional groups attached to an aromatic ring is 1. The molecular weight excluding hydrogens is 264 g/mol. The van der Waals surface area contributed by atoms with Crippen molar-refractivity contribution in [2.75, 3.05) is 17.7 Å². The molecule has 108 valence electrons. The minimum atomic E-state index is -0.493. The number of carbonyl (C=O) groups excluding carboxylic acids is 1. The number of hydrogen-bond donors (Lipinski definition) is 1. The van der Waals surface area contributed by atoms with Crippen molar-refractivity contribution in [3.05, 3.63) is 53.6 Å². The van der Waals surface area contributed by atoms with E-state index in [0.717, 1.165) is 11.3 Å². The Balaban J connectivity index is 1.90. The van der Waals surface area contributed by atoms with Gasteiger partial charge in [0.15, 0.2) is 6.10 Å². The standard InChI is InChI=1S/C17H18N2O2/c1-11-5-3-4-6-12(11)9-16-17(20)19(2)14-10-13(18)7-8-15(14)21-16/h3-8,10,16H,9,18H2,1-2H3. The van der Waals surface area contributed by atoms with E-state index in [1.165, 1.54) is 5.56 Å². The first kappa shape index (κ1) is 13.5. The number of rotatable bonds is 2. The van der Waals surface area contributed by atoms with Gasteiger partial charge in [-0.2, -0.15) is 0 Å². The highest BCUT2D eigenvalue weighted by Crippen LogP contribution is 2.35. The number of hydrogen-bond acceptors (Lipinski definition) is 3. The number of anilines is 2. The zero-order valence-electron chi connectivity index (χ0n) is 12.2. The van der Waals surface area contributed by atoms with Crippen molar-refractivity contribution in [2.45, 2.75) is 19.4 Å². The van der Waals surface area contributed by atoms with Crippen LogP contribution in [0.4, 0.5) is 11.4 Å². The fourth-order valence-corrected chi connectivity index (χ4v) is 2.60. The summed E-state index contributed by atoms with van der Waals surface area (Å²) < 4.78 is 5.88. The Morgan fingerprint density at radius 2 is 2.00 bits per heavy atom. The van der Waals surface area contributed by atoms with Gasteiger partial charge in [-0.3, -0.25) is 4.79 Å². The van der Waals surface area contributed by atoms with Crippen LogP contribution in [-0.2, 0) is 11.2 Å². The molecule has 21 heavy (non-hydrogen) atoms. The maximum Gasteiger partial charge on any atom is 0.268 e. The van der Waals surface area contributed by atoms with Crippen LogP contribution in [0.1, 0.15) is 11.1 Å². The van der Waals surface area contributed by atoms with E-state index in [1.807, 2.05) is 37.3 Å². The van der Waals surface area contributed by atoms with E-state index in [2.05, 4.69) is 0 Å². The summed E-state index contributed by atoms with van der Waals surface area (Å²) in [5, 5.41) is 0. The number of ether oxygens (including phenoxy) is 1. The molecule has 2 aromatic rings. The summed E-state index contributed by atoms with van der Waals surface area (Å²) >= 11 is 0. The number of likely N-dealkylation sites (N-methyl/N-ethyl adjacent to an activating group) is 1. The van der Waals surface area contributed by atoms with Crippen molar-refractivity contribution in [3.63, 3.8) is 0 Å². The maximum atomic E-state index is 12.5. The summed E-state index contributed by atoms with van der Waals surface area (Å²) in [4.78, 5) is 14.1. The van der Waals surface area contributed by atoms with Gasteiger partial charge in [0.05, 0.1) is 5.69 Å². The van der Waals surface area contributed by atoms with Gasteiger partial charge >= 0.3 is 0 Å². The van der Waals surface area contributed by atoms with Crippen molar-refractivity contribution >= 4 is 17.3 Å². The van der Waals surface area contributed by atoms with E-state index >= 15 is 0 Å². The predicted octanol–water partition coefficient (Wildman–Crippen LogP) is 2.54. The number of nitrogens with two attached hydrogens (primary N) is 1. The number of carbonyl (C=O) groups is 1. The first-order chi connectivity index (χ1) is 10.1. The van der Waals surface area contributed by atoms with Crippen LogP contribution in [0.25, 0.3) is 0 Å². The maximum absolute atomic E-state index is 12.5. The van der Waals surface area contributed by atoms with Crippen LogP contribution in [0.5, 0.6) is 5.75 Å². The number of benzene rings is 2. The molecule has 1 heterocycles. The molecule has 0 bridgehead atoms. The Morgan fingerprint density at radius 3 is 2.76 bits per heavy atom. The summed E-state index contributed by atoms with van der Waals surface area (Å²) in [7, 11) is 1.76. The molecule has 0 saturated carbocycles. The zero-order chi connectivity index (χ0) is 15.0. The molecule has 0 aromatic heterocycles. The number of fused-ring (bicyclic) bond motifs is 1. The second kappa shape index (κ2) is 5.13. The molecule has 2 aromatic carbocycles. The first-order valence-electron chi connectivity index (χ1n) is 6.94. The molecule has 2 N–H and O–H groups in total. The van der Waals surface area contributed by atoms with Crippen LogP contribution in [0, 0.1) is 6.92 Å². The Morgan fingerprint density at radius 1 is 1.24 bits per heavy atom. The van der Waals surface area contributed by atoms with Crippen LogP contribution in [-0.4, -0.2) is 19.1 Å². The minimum Gasteiger partial charge on any atom is -0.478 e. The van der Waals surface area contributed by atoms with Gasteiger partial charge in [-0.25, -0.2) is 0 Å². The van der Waals surface area contributed by atoms with Gasteiger partial charge < -0.3 is 15.4 Å². The van der Waals surface area contributed by atoms with Crippen LogP contribution in [0.3, 0.4) is 0 Å². The Labute approximate surface area is 124 Å². The largest absolute Gasteiger partial charge is 0.478 e. The normalized spacial score (nSPS) is 17.3. The van der Waals surface area contributed by atoms with E-state index in [0.29, 0.717) is 17.9 Å². The van der Waals surface area contributed by atoms with Crippen molar-refractivity contribution in [1.82, 2.24) is 0 Å². The third-order valence-corrected chi connectivity index (χ3v) is 3.89. The molecule has 0 aliphatic carbocycles.